The zero-order valence-electron chi connectivity index (χ0n) is 8.70. The number of anilines is 2. The topological polar surface area (TPSA) is 46.2 Å². The third-order valence-electron chi connectivity index (χ3n) is 2.36. The van der Waals surface area contributed by atoms with Gasteiger partial charge < -0.3 is 15.4 Å². The average molecular weight is 223 g/mol. The van der Waals surface area contributed by atoms with Crippen LogP contribution in [0.5, 0.6) is 5.88 Å². The molecule has 0 saturated heterocycles. The molecule has 0 aromatic carbocycles. The second-order valence-corrected chi connectivity index (χ2v) is 3.96. The number of rotatable bonds is 1. The van der Waals surface area contributed by atoms with E-state index >= 15 is 0 Å². The van der Waals surface area contributed by atoms with E-state index in [2.05, 4.69) is 22.5 Å². The Labute approximate surface area is 94.0 Å². The minimum atomic E-state index is 0.306. The van der Waals surface area contributed by atoms with Crippen LogP contribution in [-0.4, -0.2) is 23.6 Å². The van der Waals surface area contributed by atoms with Crippen molar-refractivity contribution in [1.82, 2.24) is 4.98 Å². The number of hydrogen-bond acceptors (Lipinski definition) is 4. The van der Waals surface area contributed by atoms with E-state index in [0.29, 0.717) is 11.8 Å². The van der Waals surface area contributed by atoms with Crippen LogP contribution in [0, 0.1) is 5.92 Å². The highest BCUT2D eigenvalue weighted by atomic mass is 32.1. The van der Waals surface area contributed by atoms with Gasteiger partial charge in [-0.3, -0.25) is 0 Å². The van der Waals surface area contributed by atoms with Gasteiger partial charge in [-0.1, -0.05) is 19.1 Å². The first-order chi connectivity index (χ1) is 7.20. The summed E-state index contributed by atoms with van der Waals surface area (Å²) in [6.45, 7) is 2.87. The number of pyridine rings is 1. The van der Waals surface area contributed by atoms with Crippen molar-refractivity contribution in [2.75, 3.05) is 24.3 Å². The minimum Gasteiger partial charge on any atom is -0.481 e. The first-order valence-corrected chi connectivity index (χ1v) is 5.21. The third kappa shape index (κ3) is 2.02. The molecule has 5 heteroatoms. The van der Waals surface area contributed by atoms with Gasteiger partial charge in [-0.2, -0.15) is 4.98 Å². The highest BCUT2D eigenvalue weighted by molar-refractivity contribution is 7.80. The largest absolute Gasteiger partial charge is 0.481 e. The number of fused-ring (bicyclic) bond motifs is 1. The fourth-order valence-corrected chi connectivity index (χ4v) is 1.58. The molecule has 1 unspecified atom stereocenters. The van der Waals surface area contributed by atoms with Crippen LogP contribution in [0.4, 0.5) is 11.5 Å². The molecule has 1 atom stereocenters. The van der Waals surface area contributed by atoms with Crippen LogP contribution in [0.1, 0.15) is 6.92 Å². The molecule has 2 rings (SSSR count). The van der Waals surface area contributed by atoms with Gasteiger partial charge in [0.05, 0.1) is 17.8 Å². The maximum absolute atomic E-state index is 5.24. The molecular weight excluding hydrogens is 210 g/mol. The van der Waals surface area contributed by atoms with Crippen molar-refractivity contribution in [3.8, 4) is 5.88 Å². The SMILES string of the molecule is COc1ccc2c(n1)NCC(C)C(=S)N2. The van der Waals surface area contributed by atoms with E-state index in [1.165, 1.54) is 0 Å². The highest BCUT2D eigenvalue weighted by Crippen LogP contribution is 2.26. The lowest BCUT2D eigenvalue weighted by atomic mass is 10.2. The predicted octanol–water partition coefficient (Wildman–Crippen LogP) is 1.89. The lowest BCUT2D eigenvalue weighted by molar-refractivity contribution is 0.398. The predicted molar refractivity (Wildman–Crippen MR) is 64.7 cm³/mol. The van der Waals surface area contributed by atoms with Crippen molar-refractivity contribution in [3.63, 3.8) is 0 Å². The van der Waals surface area contributed by atoms with Crippen LogP contribution < -0.4 is 15.4 Å². The van der Waals surface area contributed by atoms with Crippen LogP contribution >= 0.6 is 12.2 Å². The van der Waals surface area contributed by atoms with Gasteiger partial charge in [-0.05, 0) is 6.07 Å². The summed E-state index contributed by atoms with van der Waals surface area (Å²) in [5.41, 5.74) is 0.908. The van der Waals surface area contributed by atoms with Gasteiger partial charge in [0.15, 0.2) is 5.82 Å². The molecule has 0 aliphatic carbocycles. The monoisotopic (exact) mass is 223 g/mol. The molecule has 0 saturated carbocycles. The second-order valence-electron chi connectivity index (χ2n) is 3.52. The van der Waals surface area contributed by atoms with Gasteiger partial charge in [0.25, 0.3) is 0 Å². The standard InChI is InChI=1S/C10H13N3OS/c1-6-5-11-9-7(12-10(6)15)3-4-8(13-9)14-2/h3-4,6H,5H2,1-2H3,(H,11,13)(H,12,15). The number of nitrogens with one attached hydrogen (secondary N) is 2. The summed E-state index contributed by atoms with van der Waals surface area (Å²) in [6, 6.07) is 3.73. The van der Waals surface area contributed by atoms with E-state index < -0.39 is 0 Å². The maximum atomic E-state index is 5.24. The fourth-order valence-electron chi connectivity index (χ4n) is 1.39. The van der Waals surface area contributed by atoms with E-state index in [1.807, 2.05) is 12.1 Å². The Morgan fingerprint density at radius 3 is 3.07 bits per heavy atom. The molecule has 1 aliphatic heterocycles. The van der Waals surface area contributed by atoms with E-state index in [0.717, 1.165) is 23.0 Å². The van der Waals surface area contributed by atoms with Crippen LogP contribution in [0.25, 0.3) is 0 Å². The normalized spacial score (nSPS) is 19.6. The summed E-state index contributed by atoms with van der Waals surface area (Å²) in [5, 5.41) is 6.41. The zero-order valence-corrected chi connectivity index (χ0v) is 9.52. The van der Waals surface area contributed by atoms with Gasteiger partial charge >= 0.3 is 0 Å². The van der Waals surface area contributed by atoms with Crippen molar-refractivity contribution in [1.29, 1.82) is 0 Å². The lowest BCUT2D eigenvalue weighted by Crippen LogP contribution is -2.20. The Morgan fingerprint density at radius 1 is 1.53 bits per heavy atom. The summed E-state index contributed by atoms with van der Waals surface area (Å²) in [4.78, 5) is 5.15. The molecule has 15 heavy (non-hydrogen) atoms. The summed E-state index contributed by atoms with van der Waals surface area (Å²) in [6.07, 6.45) is 0. The quantitative estimate of drug-likeness (QED) is 0.712. The number of methoxy groups -OCH3 is 1. The summed E-state index contributed by atoms with van der Waals surface area (Å²) < 4.78 is 5.06. The van der Waals surface area contributed by atoms with Gasteiger partial charge in [0.2, 0.25) is 5.88 Å². The fraction of sp³-hybridized carbons (Fsp3) is 0.400. The van der Waals surface area contributed by atoms with Crippen LogP contribution in [0.2, 0.25) is 0 Å². The van der Waals surface area contributed by atoms with Crippen molar-refractivity contribution < 1.29 is 4.74 Å². The average Bonchev–Trinajstić information content (AvgIpc) is 2.39. The number of ether oxygens (including phenoxy) is 1. The van der Waals surface area contributed by atoms with Crippen molar-refractivity contribution in [2.45, 2.75) is 6.92 Å². The first kappa shape index (κ1) is 10.2. The Morgan fingerprint density at radius 2 is 2.33 bits per heavy atom. The van der Waals surface area contributed by atoms with E-state index in [1.54, 1.807) is 7.11 Å². The molecule has 0 fully saturated rings. The van der Waals surface area contributed by atoms with Gasteiger partial charge in [-0.15, -0.1) is 0 Å². The molecule has 1 aromatic heterocycles. The van der Waals surface area contributed by atoms with Crippen LogP contribution in [0.15, 0.2) is 12.1 Å². The Kier molecular flexibility index (Phi) is 2.73. The zero-order chi connectivity index (χ0) is 10.8. The molecule has 80 valence electrons. The Hall–Kier alpha value is -1.36. The summed E-state index contributed by atoms with van der Waals surface area (Å²) in [5.74, 6) is 1.70. The number of thiocarbonyl (C=S) groups is 1. The second kappa shape index (κ2) is 4.02. The van der Waals surface area contributed by atoms with Crippen molar-refractivity contribution in [3.05, 3.63) is 12.1 Å². The molecule has 0 bridgehead atoms. The lowest BCUT2D eigenvalue weighted by Gasteiger charge is -2.08. The highest BCUT2D eigenvalue weighted by Gasteiger charge is 2.17. The maximum Gasteiger partial charge on any atom is 0.215 e. The van der Waals surface area contributed by atoms with Gasteiger partial charge in [0.1, 0.15) is 0 Å². The van der Waals surface area contributed by atoms with E-state index in [4.69, 9.17) is 17.0 Å². The third-order valence-corrected chi connectivity index (χ3v) is 2.86. The Balaban J connectivity index is 2.34. The molecule has 0 amide bonds. The summed E-state index contributed by atoms with van der Waals surface area (Å²) >= 11 is 5.24. The molecule has 0 radical (unpaired) electrons. The molecule has 4 nitrogen and oxygen atoms in total. The molecule has 0 spiro atoms. The van der Waals surface area contributed by atoms with Gasteiger partial charge in [0, 0.05) is 18.5 Å². The molecule has 2 heterocycles. The van der Waals surface area contributed by atoms with Crippen molar-refractivity contribution in [2.24, 2.45) is 5.92 Å². The molecular formula is C10H13N3OS. The molecule has 1 aliphatic rings. The molecule has 1 aromatic rings. The number of nitrogens with zero attached hydrogens (tertiary/aromatic N) is 1. The van der Waals surface area contributed by atoms with Gasteiger partial charge in [-0.25, -0.2) is 0 Å². The van der Waals surface area contributed by atoms with E-state index in [9.17, 15) is 0 Å². The minimum absolute atomic E-state index is 0.306. The first-order valence-electron chi connectivity index (χ1n) is 4.80. The van der Waals surface area contributed by atoms with Crippen molar-refractivity contribution >= 4 is 28.7 Å². The van der Waals surface area contributed by atoms with Crippen LogP contribution in [-0.2, 0) is 0 Å². The summed E-state index contributed by atoms with van der Waals surface area (Å²) in [7, 11) is 1.60. The number of aromatic nitrogens is 1. The van der Waals surface area contributed by atoms with Crippen LogP contribution in [0.3, 0.4) is 0 Å². The molecule has 2 N–H and O–H groups in total. The number of hydrogen-bond donors (Lipinski definition) is 2. The Bertz CT molecular complexity index is 394. The smallest absolute Gasteiger partial charge is 0.215 e. The van der Waals surface area contributed by atoms with E-state index in [-0.39, 0.29) is 0 Å².